The van der Waals surface area contributed by atoms with Crippen molar-refractivity contribution in [2.45, 2.75) is 19.4 Å². The Morgan fingerprint density at radius 3 is 2.95 bits per heavy atom. The zero-order chi connectivity index (χ0) is 13.9. The molecule has 2 aromatic rings. The minimum Gasteiger partial charge on any atom is -0.319 e. The van der Waals surface area contributed by atoms with Crippen molar-refractivity contribution in [2.75, 3.05) is 26.7 Å². The molecule has 0 amide bonds. The van der Waals surface area contributed by atoms with E-state index in [1.165, 1.54) is 29.3 Å². The van der Waals surface area contributed by atoms with Crippen LogP contribution in [0.2, 0.25) is 0 Å². The molecule has 0 spiro atoms. The predicted molar refractivity (Wildman–Crippen MR) is 83.8 cm³/mol. The second-order valence-corrected chi connectivity index (χ2v) is 5.63. The van der Waals surface area contributed by atoms with Crippen molar-refractivity contribution in [3.05, 3.63) is 42.2 Å². The van der Waals surface area contributed by atoms with Crippen molar-refractivity contribution in [2.24, 2.45) is 5.92 Å². The van der Waals surface area contributed by atoms with Gasteiger partial charge in [-0.15, -0.1) is 0 Å². The molecule has 1 saturated heterocycles. The van der Waals surface area contributed by atoms with Crippen molar-refractivity contribution in [1.82, 2.24) is 15.2 Å². The molecule has 1 N–H and O–H groups in total. The normalized spacial score (nSPS) is 23.5. The number of fused-ring (bicyclic) bond motifs is 1. The maximum absolute atomic E-state index is 4.47. The van der Waals surface area contributed by atoms with Crippen LogP contribution in [0.3, 0.4) is 0 Å². The second kappa shape index (κ2) is 5.90. The van der Waals surface area contributed by atoms with Crippen molar-refractivity contribution in [3.63, 3.8) is 0 Å². The van der Waals surface area contributed by atoms with E-state index in [1.54, 1.807) is 0 Å². The Kier molecular flexibility index (Phi) is 3.99. The number of pyridine rings is 1. The summed E-state index contributed by atoms with van der Waals surface area (Å²) in [5, 5.41) is 5.96. The Hall–Kier alpha value is -1.45. The molecule has 1 aromatic heterocycles. The van der Waals surface area contributed by atoms with E-state index in [0.717, 1.165) is 13.1 Å². The molecule has 3 heteroatoms. The van der Waals surface area contributed by atoms with Crippen molar-refractivity contribution in [1.29, 1.82) is 0 Å². The van der Waals surface area contributed by atoms with Gasteiger partial charge in [0.15, 0.2) is 0 Å². The highest BCUT2D eigenvalue weighted by Gasteiger charge is 2.34. The lowest BCUT2D eigenvalue weighted by Gasteiger charge is -2.28. The van der Waals surface area contributed by atoms with Gasteiger partial charge in [0.25, 0.3) is 0 Å². The molecule has 0 radical (unpaired) electrons. The fourth-order valence-corrected chi connectivity index (χ4v) is 3.58. The van der Waals surface area contributed by atoms with E-state index in [1.807, 2.05) is 13.2 Å². The highest BCUT2D eigenvalue weighted by Crippen LogP contribution is 2.39. The highest BCUT2D eigenvalue weighted by molar-refractivity contribution is 5.85. The fourth-order valence-electron chi connectivity index (χ4n) is 3.58. The molecule has 106 valence electrons. The van der Waals surface area contributed by atoms with Gasteiger partial charge < -0.3 is 5.32 Å². The lowest BCUT2D eigenvalue weighted by Crippen LogP contribution is -2.29. The molecule has 0 aliphatic carbocycles. The van der Waals surface area contributed by atoms with Crippen LogP contribution in [-0.2, 0) is 0 Å². The van der Waals surface area contributed by atoms with Crippen LogP contribution in [0, 0.1) is 5.92 Å². The number of likely N-dealkylation sites (tertiary alicyclic amines) is 1. The summed E-state index contributed by atoms with van der Waals surface area (Å²) < 4.78 is 0. The van der Waals surface area contributed by atoms with Crippen molar-refractivity contribution in [3.8, 4) is 0 Å². The second-order valence-electron chi connectivity index (χ2n) is 5.63. The van der Waals surface area contributed by atoms with E-state index >= 15 is 0 Å². The molecule has 1 aliphatic rings. The van der Waals surface area contributed by atoms with Gasteiger partial charge in [0.2, 0.25) is 0 Å². The van der Waals surface area contributed by atoms with Crippen LogP contribution >= 0.6 is 0 Å². The predicted octanol–water partition coefficient (Wildman–Crippen LogP) is 2.84. The van der Waals surface area contributed by atoms with Crippen LogP contribution in [0.25, 0.3) is 10.8 Å². The van der Waals surface area contributed by atoms with Gasteiger partial charge in [-0.2, -0.15) is 0 Å². The van der Waals surface area contributed by atoms with Gasteiger partial charge in [0.1, 0.15) is 0 Å². The SMILES string of the molecule is CCN1CCC(CNC)C1c1cncc2ccccc12. The number of rotatable bonds is 4. The lowest BCUT2D eigenvalue weighted by molar-refractivity contribution is 0.239. The van der Waals surface area contributed by atoms with Gasteiger partial charge in [0.05, 0.1) is 0 Å². The summed E-state index contributed by atoms with van der Waals surface area (Å²) in [6.07, 6.45) is 5.31. The monoisotopic (exact) mass is 269 g/mol. The van der Waals surface area contributed by atoms with E-state index in [2.05, 4.69) is 52.6 Å². The van der Waals surface area contributed by atoms with Crippen molar-refractivity contribution >= 4 is 10.8 Å². The molecule has 1 fully saturated rings. The molecule has 20 heavy (non-hydrogen) atoms. The van der Waals surface area contributed by atoms with Gasteiger partial charge in [-0.25, -0.2) is 0 Å². The van der Waals surface area contributed by atoms with Gasteiger partial charge in [-0.3, -0.25) is 9.88 Å². The van der Waals surface area contributed by atoms with Crippen LogP contribution in [0.1, 0.15) is 24.9 Å². The largest absolute Gasteiger partial charge is 0.319 e. The Morgan fingerprint density at radius 2 is 2.15 bits per heavy atom. The average Bonchev–Trinajstić information content (AvgIpc) is 2.90. The van der Waals surface area contributed by atoms with Gasteiger partial charge in [-0.1, -0.05) is 31.2 Å². The molecular formula is C17H23N3. The molecule has 2 heterocycles. The van der Waals surface area contributed by atoms with Crippen LogP contribution in [0.15, 0.2) is 36.7 Å². The van der Waals surface area contributed by atoms with Crippen LogP contribution in [-0.4, -0.2) is 36.6 Å². The zero-order valence-electron chi connectivity index (χ0n) is 12.3. The summed E-state index contributed by atoms with van der Waals surface area (Å²) in [5.74, 6) is 0.674. The number of hydrogen-bond donors (Lipinski definition) is 1. The number of aromatic nitrogens is 1. The van der Waals surface area contributed by atoms with E-state index in [-0.39, 0.29) is 0 Å². The molecule has 1 aromatic carbocycles. The zero-order valence-corrected chi connectivity index (χ0v) is 12.3. The topological polar surface area (TPSA) is 28.2 Å². The molecule has 0 bridgehead atoms. The third-order valence-electron chi connectivity index (χ3n) is 4.52. The maximum Gasteiger partial charge on any atom is 0.0410 e. The van der Waals surface area contributed by atoms with E-state index in [4.69, 9.17) is 0 Å². The first kappa shape index (κ1) is 13.5. The summed E-state index contributed by atoms with van der Waals surface area (Å²) in [5.41, 5.74) is 1.39. The van der Waals surface area contributed by atoms with E-state index < -0.39 is 0 Å². The van der Waals surface area contributed by atoms with Crippen molar-refractivity contribution < 1.29 is 0 Å². The Balaban J connectivity index is 2.07. The summed E-state index contributed by atoms with van der Waals surface area (Å²) in [6.45, 7) is 5.63. The first-order valence-corrected chi connectivity index (χ1v) is 7.56. The first-order valence-electron chi connectivity index (χ1n) is 7.56. The maximum atomic E-state index is 4.47. The summed E-state index contributed by atoms with van der Waals surface area (Å²) >= 11 is 0. The quantitative estimate of drug-likeness (QED) is 0.925. The van der Waals surface area contributed by atoms with E-state index in [0.29, 0.717) is 12.0 Å². The number of nitrogens with zero attached hydrogens (tertiary/aromatic N) is 2. The first-order chi connectivity index (χ1) is 9.85. The summed E-state index contributed by atoms with van der Waals surface area (Å²) in [6, 6.07) is 9.10. The third-order valence-corrected chi connectivity index (χ3v) is 4.52. The Bertz CT molecular complexity index is 576. The van der Waals surface area contributed by atoms with Crippen LogP contribution in [0.5, 0.6) is 0 Å². The van der Waals surface area contributed by atoms with Gasteiger partial charge in [-0.05, 0) is 50.0 Å². The fraction of sp³-hybridized carbons (Fsp3) is 0.471. The number of hydrogen-bond acceptors (Lipinski definition) is 3. The molecule has 1 aliphatic heterocycles. The Labute approximate surface area is 121 Å². The molecule has 3 nitrogen and oxygen atoms in total. The molecule has 2 unspecified atom stereocenters. The minimum absolute atomic E-state index is 0.492. The lowest BCUT2D eigenvalue weighted by atomic mass is 9.91. The van der Waals surface area contributed by atoms with E-state index in [9.17, 15) is 0 Å². The van der Waals surface area contributed by atoms with Crippen LogP contribution in [0.4, 0.5) is 0 Å². The molecule has 2 atom stereocenters. The molecule has 3 rings (SSSR count). The summed E-state index contributed by atoms with van der Waals surface area (Å²) in [4.78, 5) is 7.06. The molecular weight excluding hydrogens is 246 g/mol. The van der Waals surface area contributed by atoms with Crippen LogP contribution < -0.4 is 5.32 Å². The summed E-state index contributed by atoms with van der Waals surface area (Å²) in [7, 11) is 2.05. The smallest absolute Gasteiger partial charge is 0.0410 e. The van der Waals surface area contributed by atoms with Gasteiger partial charge in [0, 0.05) is 23.8 Å². The standard InChI is InChI=1S/C17H23N3/c1-3-20-9-8-14(10-18-2)17(20)16-12-19-11-13-6-4-5-7-15(13)16/h4-7,11-12,14,17-18H,3,8-10H2,1-2H3. The minimum atomic E-state index is 0.492. The Morgan fingerprint density at radius 1 is 1.30 bits per heavy atom. The third kappa shape index (κ3) is 2.32. The number of benzene rings is 1. The van der Waals surface area contributed by atoms with Gasteiger partial charge >= 0.3 is 0 Å². The highest BCUT2D eigenvalue weighted by atomic mass is 15.2. The average molecular weight is 269 g/mol. The number of nitrogens with one attached hydrogen (secondary N) is 1. The molecule has 0 saturated carbocycles.